The highest BCUT2D eigenvalue weighted by Crippen LogP contribution is 2.09. The number of fused-ring (bicyclic) bond motifs is 1. The summed E-state index contributed by atoms with van der Waals surface area (Å²) in [6.07, 6.45) is 4.58. The van der Waals surface area contributed by atoms with Crippen LogP contribution in [-0.2, 0) is 11.2 Å². The number of carboxylic acid groups (broad SMARTS) is 1. The molecule has 0 saturated carbocycles. The van der Waals surface area contributed by atoms with E-state index in [0.717, 1.165) is 24.1 Å². The molecule has 2 aromatic heterocycles. The van der Waals surface area contributed by atoms with Crippen molar-refractivity contribution in [2.45, 2.75) is 25.7 Å². The number of carboxylic acids is 1. The van der Waals surface area contributed by atoms with Gasteiger partial charge in [0, 0.05) is 12.6 Å². The molecule has 0 bridgehead atoms. The van der Waals surface area contributed by atoms with E-state index < -0.39 is 5.97 Å². The molecule has 0 aliphatic heterocycles. The third-order valence-electron chi connectivity index (χ3n) is 2.49. The molecule has 0 aliphatic carbocycles. The minimum Gasteiger partial charge on any atom is -0.481 e. The summed E-state index contributed by atoms with van der Waals surface area (Å²) in [6, 6.07) is 7.97. The standard InChI is InChI=1S/C12H14N2O2/c15-12(16)7-2-1-5-10-9-11-6-3-4-8-14(11)13-10/h3-4,6,8-9H,1-2,5,7H2,(H,15,16). The van der Waals surface area contributed by atoms with Crippen LogP contribution < -0.4 is 0 Å². The van der Waals surface area contributed by atoms with Crippen molar-refractivity contribution in [1.29, 1.82) is 0 Å². The van der Waals surface area contributed by atoms with E-state index in [2.05, 4.69) is 5.10 Å². The summed E-state index contributed by atoms with van der Waals surface area (Å²) in [4.78, 5) is 10.3. The average Bonchev–Trinajstić information content (AvgIpc) is 2.66. The van der Waals surface area contributed by atoms with Gasteiger partial charge < -0.3 is 5.11 Å². The maximum atomic E-state index is 10.3. The molecule has 2 aromatic rings. The SMILES string of the molecule is O=C(O)CCCCc1cc2ccccn2n1. The molecule has 0 fully saturated rings. The van der Waals surface area contributed by atoms with Crippen molar-refractivity contribution in [3.63, 3.8) is 0 Å². The van der Waals surface area contributed by atoms with Crippen LogP contribution >= 0.6 is 0 Å². The van der Waals surface area contributed by atoms with Crippen molar-refractivity contribution >= 4 is 11.5 Å². The second-order valence-corrected chi connectivity index (χ2v) is 3.81. The summed E-state index contributed by atoms with van der Waals surface area (Å²) in [6.45, 7) is 0. The number of aliphatic carboxylic acids is 1. The molecular formula is C12H14N2O2. The Morgan fingerprint density at radius 3 is 3.00 bits per heavy atom. The second-order valence-electron chi connectivity index (χ2n) is 3.81. The van der Waals surface area contributed by atoms with Gasteiger partial charge in [-0.1, -0.05) is 6.07 Å². The lowest BCUT2D eigenvalue weighted by Crippen LogP contribution is -1.95. The van der Waals surface area contributed by atoms with E-state index >= 15 is 0 Å². The van der Waals surface area contributed by atoms with E-state index in [1.54, 1.807) is 0 Å². The molecule has 1 N–H and O–H groups in total. The van der Waals surface area contributed by atoms with Crippen LogP contribution in [-0.4, -0.2) is 20.7 Å². The van der Waals surface area contributed by atoms with Crippen molar-refractivity contribution in [3.8, 4) is 0 Å². The third kappa shape index (κ3) is 2.59. The summed E-state index contributed by atoms with van der Waals surface area (Å²) >= 11 is 0. The zero-order chi connectivity index (χ0) is 11.4. The van der Waals surface area contributed by atoms with Crippen LogP contribution in [0.4, 0.5) is 0 Å². The van der Waals surface area contributed by atoms with E-state index in [0.29, 0.717) is 6.42 Å². The summed E-state index contributed by atoms with van der Waals surface area (Å²) in [7, 11) is 0. The zero-order valence-corrected chi connectivity index (χ0v) is 8.97. The molecular weight excluding hydrogens is 204 g/mol. The van der Waals surface area contributed by atoms with Crippen LogP contribution in [0.5, 0.6) is 0 Å². The van der Waals surface area contributed by atoms with Gasteiger partial charge in [-0.2, -0.15) is 5.10 Å². The Kier molecular flexibility index (Phi) is 3.19. The molecule has 2 rings (SSSR count). The van der Waals surface area contributed by atoms with Crippen LogP contribution in [0.25, 0.3) is 5.52 Å². The molecule has 0 aliphatic rings. The third-order valence-corrected chi connectivity index (χ3v) is 2.49. The molecule has 0 spiro atoms. The number of aryl methyl sites for hydroxylation is 1. The Bertz CT molecular complexity index is 457. The minimum atomic E-state index is -0.727. The maximum Gasteiger partial charge on any atom is 0.303 e. The lowest BCUT2D eigenvalue weighted by atomic mass is 10.1. The Morgan fingerprint density at radius 2 is 2.25 bits per heavy atom. The largest absolute Gasteiger partial charge is 0.481 e. The predicted octanol–water partition coefficient (Wildman–Crippen LogP) is 2.13. The Hall–Kier alpha value is -1.84. The normalized spacial score (nSPS) is 10.8. The van der Waals surface area contributed by atoms with E-state index in [1.807, 2.05) is 35.0 Å². The summed E-state index contributed by atoms with van der Waals surface area (Å²) < 4.78 is 1.84. The number of rotatable bonds is 5. The fourth-order valence-corrected chi connectivity index (χ4v) is 1.70. The summed E-state index contributed by atoms with van der Waals surface area (Å²) in [5.41, 5.74) is 2.10. The van der Waals surface area contributed by atoms with E-state index in [4.69, 9.17) is 5.11 Å². The average molecular weight is 218 g/mol. The van der Waals surface area contributed by atoms with Gasteiger partial charge in [-0.15, -0.1) is 0 Å². The first-order chi connectivity index (χ1) is 7.75. The maximum absolute atomic E-state index is 10.3. The zero-order valence-electron chi connectivity index (χ0n) is 8.97. The molecule has 84 valence electrons. The van der Waals surface area contributed by atoms with Gasteiger partial charge in [0.2, 0.25) is 0 Å². The van der Waals surface area contributed by atoms with Gasteiger partial charge in [0.25, 0.3) is 0 Å². The van der Waals surface area contributed by atoms with Crippen LogP contribution in [0.1, 0.15) is 25.0 Å². The van der Waals surface area contributed by atoms with Gasteiger partial charge in [0.15, 0.2) is 0 Å². The smallest absolute Gasteiger partial charge is 0.303 e. The fraction of sp³-hybridized carbons (Fsp3) is 0.333. The fourth-order valence-electron chi connectivity index (χ4n) is 1.70. The van der Waals surface area contributed by atoms with E-state index in [-0.39, 0.29) is 6.42 Å². The van der Waals surface area contributed by atoms with Gasteiger partial charge >= 0.3 is 5.97 Å². The molecule has 0 saturated heterocycles. The molecule has 0 aromatic carbocycles. The summed E-state index contributed by atoms with van der Waals surface area (Å²) in [5.74, 6) is -0.727. The highest BCUT2D eigenvalue weighted by atomic mass is 16.4. The molecule has 0 unspecified atom stereocenters. The molecule has 16 heavy (non-hydrogen) atoms. The van der Waals surface area contributed by atoms with Crippen LogP contribution in [0.3, 0.4) is 0 Å². The Balaban J connectivity index is 1.92. The number of carbonyl (C=O) groups is 1. The Morgan fingerprint density at radius 1 is 1.38 bits per heavy atom. The van der Waals surface area contributed by atoms with Crippen molar-refractivity contribution < 1.29 is 9.90 Å². The van der Waals surface area contributed by atoms with Crippen LogP contribution in [0.15, 0.2) is 30.5 Å². The van der Waals surface area contributed by atoms with Gasteiger partial charge in [-0.05, 0) is 37.5 Å². The quantitative estimate of drug-likeness (QED) is 0.782. The van der Waals surface area contributed by atoms with Gasteiger partial charge in [0.1, 0.15) is 0 Å². The summed E-state index contributed by atoms with van der Waals surface area (Å²) in [5, 5.41) is 12.9. The highest BCUT2D eigenvalue weighted by molar-refractivity contribution is 5.66. The number of unbranched alkanes of at least 4 members (excludes halogenated alkanes) is 1. The van der Waals surface area contributed by atoms with Gasteiger partial charge in [0.05, 0.1) is 11.2 Å². The number of hydrogen-bond donors (Lipinski definition) is 1. The lowest BCUT2D eigenvalue weighted by Gasteiger charge is -1.94. The minimum absolute atomic E-state index is 0.243. The van der Waals surface area contributed by atoms with Crippen molar-refractivity contribution in [1.82, 2.24) is 9.61 Å². The molecule has 0 radical (unpaired) electrons. The van der Waals surface area contributed by atoms with E-state index in [1.165, 1.54) is 0 Å². The number of nitrogens with zero attached hydrogens (tertiary/aromatic N) is 2. The van der Waals surface area contributed by atoms with E-state index in [9.17, 15) is 4.79 Å². The first-order valence-electron chi connectivity index (χ1n) is 5.41. The van der Waals surface area contributed by atoms with Crippen molar-refractivity contribution in [2.24, 2.45) is 0 Å². The molecule has 0 amide bonds. The number of aromatic nitrogens is 2. The first kappa shape index (κ1) is 10.7. The van der Waals surface area contributed by atoms with Gasteiger partial charge in [-0.3, -0.25) is 4.79 Å². The topological polar surface area (TPSA) is 54.6 Å². The lowest BCUT2D eigenvalue weighted by molar-refractivity contribution is -0.137. The Labute approximate surface area is 93.5 Å². The van der Waals surface area contributed by atoms with Gasteiger partial charge in [-0.25, -0.2) is 4.52 Å². The molecule has 4 nitrogen and oxygen atoms in total. The van der Waals surface area contributed by atoms with Crippen molar-refractivity contribution in [2.75, 3.05) is 0 Å². The molecule has 0 atom stereocenters. The highest BCUT2D eigenvalue weighted by Gasteiger charge is 2.01. The number of pyridine rings is 1. The second kappa shape index (κ2) is 4.79. The van der Waals surface area contributed by atoms with Crippen LogP contribution in [0.2, 0.25) is 0 Å². The van der Waals surface area contributed by atoms with Crippen LogP contribution in [0, 0.1) is 0 Å². The monoisotopic (exact) mass is 218 g/mol. The predicted molar refractivity (Wildman–Crippen MR) is 60.4 cm³/mol. The van der Waals surface area contributed by atoms with Crippen molar-refractivity contribution in [3.05, 3.63) is 36.2 Å². The first-order valence-corrected chi connectivity index (χ1v) is 5.41. The number of hydrogen-bond acceptors (Lipinski definition) is 2. The molecule has 2 heterocycles. The molecule has 4 heteroatoms.